The molecule has 12 aromatic rings. The number of aromatic nitrogens is 4. The van der Waals surface area contributed by atoms with Crippen LogP contribution in [0.15, 0.2) is 224 Å². The van der Waals surface area contributed by atoms with E-state index in [4.69, 9.17) is 9.97 Å². The Bertz CT molecular complexity index is 3680. The lowest BCUT2D eigenvalue weighted by Crippen LogP contribution is -2.09. The maximum atomic E-state index is 5.69. The molecule has 0 bridgehead atoms. The van der Waals surface area contributed by atoms with Crippen LogP contribution in [-0.4, -0.2) is 19.1 Å². The van der Waals surface area contributed by atoms with Crippen molar-refractivity contribution in [1.29, 1.82) is 0 Å². The van der Waals surface area contributed by atoms with Gasteiger partial charge in [-0.2, -0.15) is 0 Å². The summed E-state index contributed by atoms with van der Waals surface area (Å²) in [5.41, 5.74) is 16.7. The fourth-order valence-corrected chi connectivity index (χ4v) is 9.71. The van der Waals surface area contributed by atoms with Crippen LogP contribution < -0.4 is 0 Å². The molecule has 0 unspecified atom stereocenters. The largest absolute Gasteiger partial charge is 0.307 e. The van der Waals surface area contributed by atoms with Gasteiger partial charge in [-0.25, -0.2) is 9.97 Å². The molecule has 12 rings (SSSR count). The molecule has 0 atom stereocenters. The zero-order chi connectivity index (χ0) is 42.6. The van der Waals surface area contributed by atoms with E-state index in [-0.39, 0.29) is 0 Å². The SMILES string of the molecule is CCc1c(-c2cccc(-c3ccccc3)c2)nc(-c2ccc(-c3ccccc3)cc2)nc1-n1c2ccccc2c2ccc3c4ccccc4n(-c4cccc(-c5ccccc5)c4)c3c21. The summed E-state index contributed by atoms with van der Waals surface area (Å²) in [5, 5.41) is 4.75. The van der Waals surface area contributed by atoms with Gasteiger partial charge in [0.15, 0.2) is 5.82 Å². The van der Waals surface area contributed by atoms with Crippen molar-refractivity contribution in [3.63, 3.8) is 0 Å². The highest BCUT2D eigenvalue weighted by Crippen LogP contribution is 2.43. The van der Waals surface area contributed by atoms with E-state index in [2.05, 4.69) is 241 Å². The number of hydrogen-bond donors (Lipinski definition) is 0. The van der Waals surface area contributed by atoms with Crippen LogP contribution in [0.4, 0.5) is 0 Å². The second-order valence-electron chi connectivity index (χ2n) is 16.4. The van der Waals surface area contributed by atoms with Crippen molar-refractivity contribution in [3.8, 4) is 67.5 Å². The van der Waals surface area contributed by atoms with E-state index in [1.807, 2.05) is 0 Å². The Morgan fingerprint density at radius 1 is 0.344 bits per heavy atom. The van der Waals surface area contributed by atoms with Crippen molar-refractivity contribution >= 4 is 43.6 Å². The summed E-state index contributed by atoms with van der Waals surface area (Å²) in [7, 11) is 0. The summed E-state index contributed by atoms with van der Waals surface area (Å²) < 4.78 is 4.91. The number of rotatable bonds is 8. The van der Waals surface area contributed by atoms with E-state index >= 15 is 0 Å². The molecule has 0 amide bonds. The summed E-state index contributed by atoms with van der Waals surface area (Å²) in [6.45, 7) is 2.23. The number of para-hydroxylation sites is 2. The highest BCUT2D eigenvalue weighted by atomic mass is 15.1. The molecule has 0 aliphatic heterocycles. The first-order valence-corrected chi connectivity index (χ1v) is 22.1. The molecule has 0 aliphatic rings. The van der Waals surface area contributed by atoms with Gasteiger partial charge in [-0.1, -0.05) is 201 Å². The number of hydrogen-bond acceptors (Lipinski definition) is 2. The number of nitrogens with zero attached hydrogens (tertiary/aromatic N) is 4. The third-order valence-corrected chi connectivity index (χ3v) is 12.7. The molecule has 0 spiro atoms. The van der Waals surface area contributed by atoms with Gasteiger partial charge in [-0.05, 0) is 70.1 Å². The third kappa shape index (κ3) is 6.22. The summed E-state index contributed by atoms with van der Waals surface area (Å²) in [6, 6.07) is 80.5. The maximum absolute atomic E-state index is 5.69. The molecule has 0 fully saturated rings. The first-order valence-electron chi connectivity index (χ1n) is 22.1. The van der Waals surface area contributed by atoms with Gasteiger partial charge in [0.1, 0.15) is 5.82 Å². The Hall–Kier alpha value is -8.34. The zero-order valence-electron chi connectivity index (χ0n) is 35.4. The van der Waals surface area contributed by atoms with Crippen molar-refractivity contribution in [2.24, 2.45) is 0 Å². The molecule has 3 heterocycles. The molecular weight excluding hydrogens is 777 g/mol. The predicted octanol–water partition coefficient (Wildman–Crippen LogP) is 15.6. The van der Waals surface area contributed by atoms with E-state index in [1.54, 1.807) is 0 Å². The third-order valence-electron chi connectivity index (χ3n) is 12.7. The minimum absolute atomic E-state index is 0.682. The van der Waals surface area contributed by atoms with Crippen LogP contribution in [0, 0.1) is 0 Å². The van der Waals surface area contributed by atoms with Gasteiger partial charge in [0.05, 0.1) is 27.8 Å². The Labute approximate surface area is 372 Å². The first-order chi connectivity index (χ1) is 31.7. The minimum Gasteiger partial charge on any atom is -0.307 e. The van der Waals surface area contributed by atoms with Crippen LogP contribution in [0.25, 0.3) is 111 Å². The monoisotopic (exact) mass is 818 g/mol. The highest BCUT2D eigenvalue weighted by Gasteiger charge is 2.25. The van der Waals surface area contributed by atoms with E-state index in [9.17, 15) is 0 Å². The Morgan fingerprint density at radius 3 is 1.41 bits per heavy atom. The molecule has 302 valence electrons. The quantitative estimate of drug-likeness (QED) is 0.153. The lowest BCUT2D eigenvalue weighted by molar-refractivity contribution is 0.974. The molecule has 9 aromatic carbocycles. The molecule has 0 radical (unpaired) electrons. The first kappa shape index (κ1) is 37.4. The van der Waals surface area contributed by atoms with Crippen molar-refractivity contribution in [1.82, 2.24) is 19.1 Å². The second-order valence-corrected chi connectivity index (χ2v) is 16.4. The molecule has 0 N–H and O–H groups in total. The Balaban J connectivity index is 1.18. The van der Waals surface area contributed by atoms with Gasteiger partial charge in [0.25, 0.3) is 0 Å². The lowest BCUT2D eigenvalue weighted by atomic mass is 9.98. The standard InChI is InChI=1S/C60H42N4/c1-2-49-56(47-26-16-24-45(38-47)41-20-8-4-9-21-41)61-59(44-34-32-43(33-35-44)40-18-6-3-7-19-40)62-60(49)64-55-31-15-13-29-51(55)53-37-36-52-50-28-12-14-30-54(50)63(57(52)58(53)64)48-27-17-25-46(39-48)42-22-10-5-11-23-42/h3-39H,2H2,1H3. The average molecular weight is 819 g/mol. The van der Waals surface area contributed by atoms with Crippen LogP contribution in [-0.2, 0) is 6.42 Å². The molecule has 0 saturated heterocycles. The van der Waals surface area contributed by atoms with Crippen LogP contribution in [0.1, 0.15) is 12.5 Å². The molecular formula is C60H42N4. The number of fused-ring (bicyclic) bond motifs is 7. The minimum atomic E-state index is 0.682. The van der Waals surface area contributed by atoms with Gasteiger partial charge in [0.2, 0.25) is 0 Å². The van der Waals surface area contributed by atoms with Gasteiger partial charge >= 0.3 is 0 Å². The Kier molecular flexibility index (Phi) is 9.08. The van der Waals surface area contributed by atoms with E-state index < -0.39 is 0 Å². The molecule has 4 heteroatoms. The van der Waals surface area contributed by atoms with Crippen LogP contribution in [0.3, 0.4) is 0 Å². The lowest BCUT2D eigenvalue weighted by Gasteiger charge is -2.19. The Morgan fingerprint density at radius 2 is 0.797 bits per heavy atom. The van der Waals surface area contributed by atoms with E-state index in [1.165, 1.54) is 43.8 Å². The summed E-state index contributed by atoms with van der Waals surface area (Å²) in [5.74, 6) is 1.56. The van der Waals surface area contributed by atoms with Crippen molar-refractivity contribution in [3.05, 3.63) is 230 Å². The van der Waals surface area contributed by atoms with Gasteiger partial charge in [0, 0.05) is 43.9 Å². The van der Waals surface area contributed by atoms with Crippen LogP contribution >= 0.6 is 0 Å². The summed E-state index contributed by atoms with van der Waals surface area (Å²) in [4.78, 5) is 11.2. The normalized spacial score (nSPS) is 11.6. The van der Waals surface area contributed by atoms with Gasteiger partial charge < -0.3 is 4.57 Å². The van der Waals surface area contributed by atoms with Gasteiger partial charge in [-0.15, -0.1) is 0 Å². The smallest absolute Gasteiger partial charge is 0.162 e. The summed E-state index contributed by atoms with van der Waals surface area (Å²) in [6.07, 6.45) is 0.722. The zero-order valence-corrected chi connectivity index (χ0v) is 35.4. The fourth-order valence-electron chi connectivity index (χ4n) is 9.71. The predicted molar refractivity (Wildman–Crippen MR) is 267 cm³/mol. The molecule has 0 aliphatic carbocycles. The fraction of sp³-hybridized carbons (Fsp3) is 0.0333. The second kappa shape index (κ2) is 15.5. The highest BCUT2D eigenvalue weighted by molar-refractivity contribution is 6.23. The molecule has 3 aromatic heterocycles. The van der Waals surface area contributed by atoms with Gasteiger partial charge in [-0.3, -0.25) is 4.57 Å². The average Bonchev–Trinajstić information content (AvgIpc) is 3.90. The van der Waals surface area contributed by atoms with E-state index in [0.29, 0.717) is 5.82 Å². The molecule has 64 heavy (non-hydrogen) atoms. The van der Waals surface area contributed by atoms with Crippen LogP contribution in [0.5, 0.6) is 0 Å². The van der Waals surface area contributed by atoms with Crippen molar-refractivity contribution in [2.75, 3.05) is 0 Å². The van der Waals surface area contributed by atoms with Crippen LogP contribution in [0.2, 0.25) is 0 Å². The maximum Gasteiger partial charge on any atom is 0.162 e. The molecule has 0 saturated carbocycles. The van der Waals surface area contributed by atoms with E-state index in [0.717, 1.165) is 73.5 Å². The summed E-state index contributed by atoms with van der Waals surface area (Å²) >= 11 is 0. The van der Waals surface area contributed by atoms with Crippen molar-refractivity contribution in [2.45, 2.75) is 13.3 Å². The molecule has 4 nitrogen and oxygen atoms in total. The topological polar surface area (TPSA) is 35.6 Å². The number of benzene rings is 9. The van der Waals surface area contributed by atoms with Crippen molar-refractivity contribution < 1.29 is 0 Å².